The molecule has 1 aliphatic rings. The van der Waals surface area contributed by atoms with Crippen LogP contribution in [-0.2, 0) is 9.59 Å². The highest BCUT2D eigenvalue weighted by molar-refractivity contribution is 9.10. The number of carbonyl (C=O) groups is 4. The molecule has 0 bridgehead atoms. The number of hydrogen-bond donors (Lipinski definition) is 3. The molecule has 0 aliphatic heterocycles. The lowest BCUT2D eigenvalue weighted by molar-refractivity contribution is -0.136. The first-order chi connectivity index (χ1) is 19.3. The van der Waals surface area contributed by atoms with Gasteiger partial charge in [-0.2, -0.15) is 5.10 Å². The highest BCUT2D eigenvalue weighted by Crippen LogP contribution is 2.25. The Kier molecular flexibility index (Phi) is 10.0. The van der Waals surface area contributed by atoms with Crippen LogP contribution in [-0.4, -0.2) is 35.9 Å². The number of hydrazone groups is 1. The molecule has 0 aromatic heterocycles. The van der Waals surface area contributed by atoms with Crippen LogP contribution in [0.3, 0.4) is 0 Å². The van der Waals surface area contributed by atoms with E-state index in [1.54, 1.807) is 60.7 Å². The SMILES string of the molecule is O=C(N/N=C/c1cc(Br)ccc1OC(=O)c1ccccc1Cl)C(=O)Nc1ccccc1C(=O)NC1CCCCC1. The van der Waals surface area contributed by atoms with Gasteiger partial charge in [-0.3, -0.25) is 14.4 Å². The van der Waals surface area contributed by atoms with Gasteiger partial charge in [0.15, 0.2) is 0 Å². The lowest BCUT2D eigenvalue weighted by Crippen LogP contribution is -2.37. The maximum Gasteiger partial charge on any atom is 0.345 e. The van der Waals surface area contributed by atoms with Crippen LogP contribution in [0.5, 0.6) is 5.75 Å². The second-order valence-electron chi connectivity index (χ2n) is 9.06. The van der Waals surface area contributed by atoms with Gasteiger partial charge in [0.1, 0.15) is 5.75 Å². The first-order valence-electron chi connectivity index (χ1n) is 12.6. The molecule has 1 fully saturated rings. The molecule has 0 heterocycles. The Morgan fingerprint density at radius 1 is 0.900 bits per heavy atom. The van der Waals surface area contributed by atoms with Crippen LogP contribution in [0.2, 0.25) is 5.02 Å². The van der Waals surface area contributed by atoms with Crippen LogP contribution >= 0.6 is 27.5 Å². The molecule has 11 heteroatoms. The Labute approximate surface area is 244 Å². The van der Waals surface area contributed by atoms with Gasteiger partial charge in [0, 0.05) is 16.1 Å². The predicted molar refractivity (Wildman–Crippen MR) is 156 cm³/mol. The van der Waals surface area contributed by atoms with Gasteiger partial charge in [0.2, 0.25) is 0 Å². The number of benzene rings is 3. The Morgan fingerprint density at radius 3 is 2.35 bits per heavy atom. The minimum Gasteiger partial charge on any atom is -0.422 e. The summed E-state index contributed by atoms with van der Waals surface area (Å²) < 4.78 is 6.14. The molecule has 9 nitrogen and oxygen atoms in total. The highest BCUT2D eigenvalue weighted by atomic mass is 79.9. The number of para-hydroxylation sites is 1. The fourth-order valence-corrected chi connectivity index (χ4v) is 4.78. The van der Waals surface area contributed by atoms with E-state index < -0.39 is 17.8 Å². The molecule has 3 amide bonds. The molecule has 1 saturated carbocycles. The van der Waals surface area contributed by atoms with Crippen molar-refractivity contribution in [2.75, 3.05) is 5.32 Å². The Bertz CT molecular complexity index is 1460. The number of ether oxygens (including phenoxy) is 1. The molecule has 0 atom stereocenters. The summed E-state index contributed by atoms with van der Waals surface area (Å²) in [6.45, 7) is 0. The summed E-state index contributed by atoms with van der Waals surface area (Å²) in [6.07, 6.45) is 6.35. The smallest absolute Gasteiger partial charge is 0.345 e. The van der Waals surface area contributed by atoms with Crippen molar-refractivity contribution >= 4 is 63.1 Å². The normalized spacial score (nSPS) is 13.4. The minimum absolute atomic E-state index is 0.0921. The summed E-state index contributed by atoms with van der Waals surface area (Å²) in [6, 6.07) is 17.9. The quantitative estimate of drug-likeness (QED) is 0.106. The Hall–Kier alpha value is -4.02. The van der Waals surface area contributed by atoms with Crippen molar-refractivity contribution in [3.8, 4) is 5.75 Å². The number of halogens is 2. The molecule has 40 heavy (non-hydrogen) atoms. The second-order valence-corrected chi connectivity index (χ2v) is 10.4. The molecule has 1 aliphatic carbocycles. The zero-order valence-corrected chi connectivity index (χ0v) is 23.6. The Balaban J connectivity index is 1.39. The molecule has 4 rings (SSSR count). The Morgan fingerprint density at radius 2 is 1.60 bits per heavy atom. The molecule has 0 radical (unpaired) electrons. The topological polar surface area (TPSA) is 126 Å². The van der Waals surface area contributed by atoms with Crippen molar-refractivity contribution in [2.45, 2.75) is 38.1 Å². The zero-order chi connectivity index (χ0) is 28.5. The summed E-state index contributed by atoms with van der Waals surface area (Å²) in [5, 5.41) is 9.56. The molecule has 0 unspecified atom stereocenters. The molecule has 3 N–H and O–H groups in total. The number of nitrogens with one attached hydrogen (secondary N) is 3. The van der Waals surface area contributed by atoms with Crippen molar-refractivity contribution in [3.05, 3.63) is 92.9 Å². The number of anilines is 1. The van der Waals surface area contributed by atoms with Crippen molar-refractivity contribution < 1.29 is 23.9 Å². The lowest BCUT2D eigenvalue weighted by Gasteiger charge is -2.23. The van der Waals surface area contributed by atoms with E-state index in [9.17, 15) is 19.2 Å². The number of rotatable bonds is 7. The van der Waals surface area contributed by atoms with Crippen LogP contribution in [0.1, 0.15) is 58.4 Å². The van der Waals surface area contributed by atoms with Gasteiger partial charge in [-0.1, -0.05) is 71.1 Å². The van der Waals surface area contributed by atoms with Crippen LogP contribution in [0.25, 0.3) is 0 Å². The maximum absolute atomic E-state index is 12.8. The van der Waals surface area contributed by atoms with Crippen LogP contribution in [0, 0.1) is 0 Å². The highest BCUT2D eigenvalue weighted by Gasteiger charge is 2.21. The van der Waals surface area contributed by atoms with E-state index in [2.05, 4.69) is 37.1 Å². The maximum atomic E-state index is 12.8. The van der Waals surface area contributed by atoms with Crippen LogP contribution < -0.4 is 20.8 Å². The largest absolute Gasteiger partial charge is 0.422 e. The van der Waals surface area contributed by atoms with Gasteiger partial charge in [-0.15, -0.1) is 0 Å². The third-order valence-corrected chi connectivity index (χ3v) is 7.03. The monoisotopic (exact) mass is 624 g/mol. The summed E-state index contributed by atoms with van der Waals surface area (Å²) in [4.78, 5) is 50.4. The number of carbonyl (C=O) groups excluding carboxylic acids is 4. The van der Waals surface area contributed by atoms with Crippen LogP contribution in [0.4, 0.5) is 5.69 Å². The van der Waals surface area contributed by atoms with Crippen molar-refractivity contribution in [2.24, 2.45) is 5.10 Å². The predicted octanol–water partition coefficient (Wildman–Crippen LogP) is 5.47. The van der Waals surface area contributed by atoms with E-state index in [1.165, 1.54) is 12.3 Å². The average molecular weight is 626 g/mol. The van der Waals surface area contributed by atoms with Gasteiger partial charge in [-0.25, -0.2) is 10.2 Å². The summed E-state index contributed by atoms with van der Waals surface area (Å²) >= 11 is 9.43. The first kappa shape index (κ1) is 29.0. The fraction of sp³-hybridized carbons (Fsp3) is 0.207. The van der Waals surface area contributed by atoms with Gasteiger partial charge in [0.25, 0.3) is 5.91 Å². The van der Waals surface area contributed by atoms with Crippen molar-refractivity contribution in [1.29, 1.82) is 0 Å². The van der Waals surface area contributed by atoms with Crippen molar-refractivity contribution in [3.63, 3.8) is 0 Å². The minimum atomic E-state index is -1.05. The molecule has 0 spiro atoms. The third kappa shape index (κ3) is 7.77. The number of esters is 1. The van der Waals surface area contributed by atoms with E-state index in [1.807, 2.05) is 0 Å². The van der Waals surface area contributed by atoms with E-state index in [0.29, 0.717) is 10.0 Å². The van der Waals surface area contributed by atoms with E-state index in [-0.39, 0.29) is 39.5 Å². The fourth-order valence-electron chi connectivity index (χ4n) is 4.19. The first-order valence-corrected chi connectivity index (χ1v) is 13.8. The van der Waals surface area contributed by atoms with Gasteiger partial charge in [0.05, 0.1) is 28.1 Å². The molecular formula is C29H26BrClN4O5. The standard InChI is InChI=1S/C29H26BrClN4O5/c30-19-14-15-25(40-29(39)21-10-4-6-12-23(21)31)18(16-19)17-32-35-28(38)27(37)34-24-13-7-5-11-22(24)26(36)33-20-8-2-1-3-9-20/h4-7,10-17,20H,1-3,8-9H2,(H,33,36)(H,34,37)(H,35,38)/b32-17+. The third-order valence-electron chi connectivity index (χ3n) is 6.20. The van der Waals surface area contributed by atoms with Crippen molar-refractivity contribution in [1.82, 2.24) is 10.7 Å². The summed E-state index contributed by atoms with van der Waals surface area (Å²) in [5.41, 5.74) is 3.15. The van der Waals surface area contributed by atoms with E-state index in [4.69, 9.17) is 16.3 Å². The molecule has 3 aromatic carbocycles. The second kappa shape index (κ2) is 13.9. The van der Waals surface area contributed by atoms with Crippen LogP contribution in [0.15, 0.2) is 76.3 Å². The lowest BCUT2D eigenvalue weighted by atomic mass is 9.95. The molecule has 3 aromatic rings. The summed E-state index contributed by atoms with van der Waals surface area (Å²) in [7, 11) is 0. The average Bonchev–Trinajstić information content (AvgIpc) is 2.95. The van der Waals surface area contributed by atoms with E-state index >= 15 is 0 Å². The molecule has 206 valence electrons. The van der Waals surface area contributed by atoms with E-state index in [0.717, 1.165) is 32.1 Å². The number of amides is 3. The van der Waals surface area contributed by atoms with Gasteiger partial charge < -0.3 is 15.4 Å². The summed E-state index contributed by atoms with van der Waals surface area (Å²) in [5.74, 6) is -2.88. The van der Waals surface area contributed by atoms with Gasteiger partial charge in [-0.05, 0) is 55.3 Å². The van der Waals surface area contributed by atoms with Gasteiger partial charge >= 0.3 is 17.8 Å². The number of nitrogens with zero attached hydrogens (tertiary/aromatic N) is 1. The number of hydrogen-bond acceptors (Lipinski definition) is 6. The molecule has 0 saturated heterocycles. The zero-order valence-electron chi connectivity index (χ0n) is 21.3. The molecular weight excluding hydrogens is 600 g/mol.